The quantitative estimate of drug-likeness (QED) is 0.823. The van der Waals surface area contributed by atoms with Crippen molar-refractivity contribution in [1.82, 2.24) is 9.78 Å². The molecule has 1 aliphatic carbocycles. The summed E-state index contributed by atoms with van der Waals surface area (Å²) in [4.78, 5) is 11.3. The van der Waals surface area contributed by atoms with E-state index in [0.717, 1.165) is 43.7 Å². The summed E-state index contributed by atoms with van der Waals surface area (Å²) in [6.45, 7) is 1.75. The van der Waals surface area contributed by atoms with Crippen molar-refractivity contribution in [2.24, 2.45) is 0 Å². The highest BCUT2D eigenvalue weighted by molar-refractivity contribution is 5.89. The van der Waals surface area contributed by atoms with Crippen LogP contribution in [0, 0.1) is 0 Å². The molecule has 1 fully saturated rings. The molecule has 5 heteroatoms. The van der Waals surface area contributed by atoms with Gasteiger partial charge in [-0.1, -0.05) is 12.8 Å². The molecule has 0 aromatic carbocycles. The third kappa shape index (κ3) is 1.69. The molecular weight excluding hydrogens is 218 g/mol. The average molecular weight is 235 g/mol. The number of aromatic nitrogens is 2. The minimum atomic E-state index is -0.893. The van der Waals surface area contributed by atoms with Crippen LogP contribution in [-0.2, 0) is 6.54 Å². The standard InChI is InChI=1S/C12H17N3O2/c16-12(17)10-9(8-4-1-2-5-8)11-13-6-3-7-15(11)14-10/h8,13H,1-7H2,(H,16,17). The topological polar surface area (TPSA) is 67.1 Å². The Hall–Kier alpha value is -1.52. The van der Waals surface area contributed by atoms with Gasteiger partial charge in [0.05, 0.1) is 0 Å². The zero-order valence-electron chi connectivity index (χ0n) is 9.78. The van der Waals surface area contributed by atoms with Crippen LogP contribution in [0.3, 0.4) is 0 Å². The van der Waals surface area contributed by atoms with Gasteiger partial charge in [0.1, 0.15) is 5.82 Å². The maximum Gasteiger partial charge on any atom is 0.356 e. The highest BCUT2D eigenvalue weighted by Crippen LogP contribution is 2.40. The van der Waals surface area contributed by atoms with Crippen LogP contribution >= 0.6 is 0 Å². The molecule has 92 valence electrons. The fraction of sp³-hybridized carbons (Fsp3) is 0.667. The van der Waals surface area contributed by atoms with Gasteiger partial charge in [-0.05, 0) is 25.2 Å². The van der Waals surface area contributed by atoms with E-state index in [1.807, 2.05) is 4.68 Å². The molecule has 5 nitrogen and oxygen atoms in total. The van der Waals surface area contributed by atoms with Crippen LogP contribution in [0.1, 0.15) is 54.1 Å². The number of anilines is 1. The second-order valence-corrected chi connectivity index (χ2v) is 4.90. The number of aromatic carboxylic acids is 1. The first-order valence-corrected chi connectivity index (χ1v) is 6.35. The van der Waals surface area contributed by atoms with Crippen molar-refractivity contribution in [2.75, 3.05) is 11.9 Å². The maximum atomic E-state index is 11.3. The second kappa shape index (κ2) is 4.05. The molecule has 2 N–H and O–H groups in total. The Morgan fingerprint density at radius 1 is 1.35 bits per heavy atom. The van der Waals surface area contributed by atoms with Crippen LogP contribution in [0.4, 0.5) is 5.82 Å². The Kier molecular flexibility index (Phi) is 2.53. The molecule has 0 spiro atoms. The van der Waals surface area contributed by atoms with E-state index in [9.17, 15) is 9.90 Å². The van der Waals surface area contributed by atoms with Crippen molar-refractivity contribution in [2.45, 2.75) is 44.6 Å². The number of hydrogen-bond donors (Lipinski definition) is 2. The molecule has 0 unspecified atom stereocenters. The number of hydrogen-bond acceptors (Lipinski definition) is 3. The predicted molar refractivity (Wildman–Crippen MR) is 63.5 cm³/mol. The molecule has 1 aromatic heterocycles. The van der Waals surface area contributed by atoms with Crippen LogP contribution in [0.15, 0.2) is 0 Å². The lowest BCUT2D eigenvalue weighted by atomic mass is 9.96. The molecule has 0 atom stereocenters. The molecule has 0 amide bonds. The number of carbonyl (C=O) groups is 1. The van der Waals surface area contributed by atoms with Crippen molar-refractivity contribution >= 4 is 11.8 Å². The fourth-order valence-electron chi connectivity index (χ4n) is 3.02. The summed E-state index contributed by atoms with van der Waals surface area (Å²) in [5, 5.41) is 16.8. The van der Waals surface area contributed by atoms with E-state index >= 15 is 0 Å². The molecule has 0 radical (unpaired) electrons. The van der Waals surface area contributed by atoms with Gasteiger partial charge in [-0.3, -0.25) is 0 Å². The van der Waals surface area contributed by atoms with Gasteiger partial charge in [-0.25, -0.2) is 9.48 Å². The Bertz CT molecular complexity index is 447. The van der Waals surface area contributed by atoms with Gasteiger partial charge in [-0.2, -0.15) is 5.10 Å². The van der Waals surface area contributed by atoms with E-state index in [1.54, 1.807) is 0 Å². The number of nitrogens with one attached hydrogen (secondary N) is 1. The zero-order chi connectivity index (χ0) is 11.8. The van der Waals surface area contributed by atoms with E-state index in [2.05, 4.69) is 10.4 Å². The Labute approximate surface area is 99.8 Å². The molecule has 2 heterocycles. The van der Waals surface area contributed by atoms with Gasteiger partial charge in [0.2, 0.25) is 0 Å². The smallest absolute Gasteiger partial charge is 0.356 e. The monoisotopic (exact) mass is 235 g/mol. The van der Waals surface area contributed by atoms with Gasteiger partial charge >= 0.3 is 5.97 Å². The average Bonchev–Trinajstić information content (AvgIpc) is 2.94. The van der Waals surface area contributed by atoms with E-state index in [4.69, 9.17) is 0 Å². The molecule has 0 saturated heterocycles. The number of carboxylic acids is 1. The van der Waals surface area contributed by atoms with Crippen LogP contribution in [0.5, 0.6) is 0 Å². The van der Waals surface area contributed by atoms with E-state index < -0.39 is 5.97 Å². The highest BCUT2D eigenvalue weighted by atomic mass is 16.4. The molecule has 1 aliphatic heterocycles. The lowest BCUT2D eigenvalue weighted by molar-refractivity contribution is 0.0687. The molecular formula is C12H17N3O2. The van der Waals surface area contributed by atoms with E-state index in [0.29, 0.717) is 5.92 Å². The third-order valence-corrected chi connectivity index (χ3v) is 3.79. The van der Waals surface area contributed by atoms with Gasteiger partial charge in [0, 0.05) is 18.7 Å². The SMILES string of the molecule is O=C(O)c1nn2c(c1C1CCCC1)NCCC2. The lowest BCUT2D eigenvalue weighted by Crippen LogP contribution is -2.18. The molecule has 1 saturated carbocycles. The van der Waals surface area contributed by atoms with Crippen LogP contribution < -0.4 is 5.32 Å². The molecule has 2 aliphatic rings. The third-order valence-electron chi connectivity index (χ3n) is 3.79. The number of nitrogens with zero attached hydrogens (tertiary/aromatic N) is 2. The fourth-order valence-corrected chi connectivity index (χ4v) is 3.02. The van der Waals surface area contributed by atoms with E-state index in [1.165, 1.54) is 12.8 Å². The molecule has 0 bridgehead atoms. The van der Waals surface area contributed by atoms with Crippen molar-refractivity contribution in [1.29, 1.82) is 0 Å². The van der Waals surface area contributed by atoms with Gasteiger partial charge < -0.3 is 10.4 Å². The number of aryl methyl sites for hydroxylation is 1. The summed E-state index contributed by atoms with van der Waals surface area (Å²) >= 11 is 0. The van der Waals surface area contributed by atoms with Gasteiger partial charge in [-0.15, -0.1) is 0 Å². The van der Waals surface area contributed by atoms with Crippen molar-refractivity contribution < 1.29 is 9.90 Å². The largest absolute Gasteiger partial charge is 0.476 e. The highest BCUT2D eigenvalue weighted by Gasteiger charge is 2.31. The van der Waals surface area contributed by atoms with Crippen LogP contribution in [-0.4, -0.2) is 27.4 Å². The maximum absolute atomic E-state index is 11.3. The second-order valence-electron chi connectivity index (χ2n) is 4.90. The summed E-state index contributed by atoms with van der Waals surface area (Å²) in [5.41, 5.74) is 1.22. The number of fused-ring (bicyclic) bond motifs is 1. The first kappa shape index (κ1) is 10.6. The van der Waals surface area contributed by atoms with Crippen LogP contribution in [0.2, 0.25) is 0 Å². The minimum Gasteiger partial charge on any atom is -0.476 e. The number of carboxylic acid groups (broad SMARTS) is 1. The van der Waals surface area contributed by atoms with Crippen molar-refractivity contribution in [3.05, 3.63) is 11.3 Å². The van der Waals surface area contributed by atoms with Crippen molar-refractivity contribution in [3.8, 4) is 0 Å². The number of rotatable bonds is 2. The summed E-state index contributed by atoms with van der Waals surface area (Å²) in [6, 6.07) is 0. The Balaban J connectivity index is 2.08. The summed E-state index contributed by atoms with van der Waals surface area (Å²) in [5.74, 6) is 0.451. The first-order chi connectivity index (χ1) is 8.27. The van der Waals surface area contributed by atoms with Crippen LogP contribution in [0.25, 0.3) is 0 Å². The first-order valence-electron chi connectivity index (χ1n) is 6.35. The normalized spacial score (nSPS) is 20.0. The predicted octanol–water partition coefficient (Wildman–Crippen LogP) is 2.05. The summed E-state index contributed by atoms with van der Waals surface area (Å²) in [7, 11) is 0. The van der Waals surface area contributed by atoms with Crippen molar-refractivity contribution in [3.63, 3.8) is 0 Å². The molecule has 1 aromatic rings. The van der Waals surface area contributed by atoms with E-state index in [-0.39, 0.29) is 5.69 Å². The van der Waals surface area contributed by atoms with Gasteiger partial charge in [0.15, 0.2) is 5.69 Å². The molecule has 3 rings (SSSR count). The summed E-state index contributed by atoms with van der Waals surface area (Å²) in [6.07, 6.45) is 5.61. The molecule has 17 heavy (non-hydrogen) atoms. The Morgan fingerprint density at radius 2 is 2.12 bits per heavy atom. The minimum absolute atomic E-state index is 0.265. The Morgan fingerprint density at radius 3 is 2.82 bits per heavy atom. The zero-order valence-corrected chi connectivity index (χ0v) is 9.78. The summed E-state index contributed by atoms with van der Waals surface area (Å²) < 4.78 is 1.83. The van der Waals surface area contributed by atoms with Gasteiger partial charge in [0.25, 0.3) is 0 Å². The lowest BCUT2D eigenvalue weighted by Gasteiger charge is -2.19.